The molecule has 55 unspecified atom stereocenters. The molecule has 50 nitrogen and oxygen atoms in total. The number of aliphatic hydroxyl groups is 27. The summed E-state index contributed by atoms with van der Waals surface area (Å²) in [6.07, 6.45) is -76.2. The normalized spacial score (nSPS) is 53.1. The van der Waals surface area contributed by atoms with Crippen LogP contribution in [0.2, 0.25) is 0 Å². The number of aliphatic hydroxyl groups excluding tert-OH is 27. The number of allylic oxidation sites excluding steroid dienone is 2. The van der Waals surface area contributed by atoms with Gasteiger partial charge in [-0.15, -0.1) is 0 Å². The SMILES string of the molecule is CC1OC(OC(=O)C23CCC(C)(C)CC2C2=CCC4C5(C)CCC(OC6OC(C(=O)OC7OC(CO)C(O)C(O)C7O)C(OC7OCC(OC8OC(CO)C(O)C(O)C8O)C(O)C7O)C(O)C6OC6OC(CO)C(O)C(O)C6O)C(C)(CO)C5CCC4(C)C2(C)CC3)C(OC=NC2CCCCC2)C(O)C1OC1OC(O)C(OC2OCC(O)C(OC3CCC(O)C(OC4OCC(O)C(O)C4O)C3O)C2O)C(O)C1O. The van der Waals surface area contributed by atoms with Gasteiger partial charge in [0.2, 0.25) is 12.6 Å². The number of fused-ring (bicyclic) bond motifs is 7. The lowest BCUT2D eigenvalue weighted by molar-refractivity contribution is -0.395. The van der Waals surface area contributed by atoms with Crippen molar-refractivity contribution in [1.29, 1.82) is 0 Å². The minimum absolute atomic E-state index is 0.0655. The maximum Gasteiger partial charge on any atom is 0.340 e. The van der Waals surface area contributed by atoms with Crippen molar-refractivity contribution in [1.82, 2.24) is 0 Å². The van der Waals surface area contributed by atoms with Crippen LogP contribution in [0.5, 0.6) is 0 Å². The Morgan fingerprint density at radius 2 is 0.930 bits per heavy atom. The van der Waals surface area contributed by atoms with Gasteiger partial charge in [-0.3, -0.25) is 9.79 Å². The molecule has 55 atom stereocenters. The van der Waals surface area contributed by atoms with Gasteiger partial charge in [0.05, 0.1) is 82.1 Å². The van der Waals surface area contributed by atoms with Gasteiger partial charge in [0.25, 0.3) is 0 Å². The summed E-state index contributed by atoms with van der Waals surface area (Å²) in [5.41, 5.74) is -3.67. The molecule has 820 valence electrons. The van der Waals surface area contributed by atoms with E-state index >= 15 is 9.59 Å². The molecule has 143 heavy (non-hydrogen) atoms. The van der Waals surface area contributed by atoms with Gasteiger partial charge in [0.1, 0.15) is 189 Å². The van der Waals surface area contributed by atoms with Crippen LogP contribution < -0.4 is 0 Å². The first-order valence-electron chi connectivity index (χ1n) is 50.0. The minimum Gasteiger partial charge on any atom is -0.471 e. The molecule has 6 saturated carbocycles. The lowest BCUT2D eigenvalue weighted by Gasteiger charge is -2.71. The van der Waals surface area contributed by atoms with Gasteiger partial charge in [-0.05, 0) is 136 Å². The number of esters is 2. The third-order valence-electron chi connectivity index (χ3n) is 34.8. The van der Waals surface area contributed by atoms with Crippen LogP contribution >= 0.6 is 0 Å². The van der Waals surface area contributed by atoms with Crippen LogP contribution in [0, 0.1) is 50.2 Å². The van der Waals surface area contributed by atoms with E-state index in [0.717, 1.165) is 37.7 Å². The molecular weight excluding hydrogens is 1910 g/mol. The molecular formula is C93H149NO49. The smallest absolute Gasteiger partial charge is 0.340 e. The Labute approximate surface area is 822 Å². The molecule has 0 bridgehead atoms. The molecule has 0 amide bonds. The number of carbonyl (C=O) groups excluding carboxylic acids is 2. The van der Waals surface area contributed by atoms with Crippen molar-refractivity contribution in [3.63, 3.8) is 0 Å². The van der Waals surface area contributed by atoms with E-state index in [1.165, 1.54) is 13.3 Å². The summed E-state index contributed by atoms with van der Waals surface area (Å²) in [4.78, 5) is 36.0. The van der Waals surface area contributed by atoms with E-state index < -0.39 is 386 Å². The second kappa shape index (κ2) is 44.8. The molecule has 0 aromatic carbocycles. The van der Waals surface area contributed by atoms with Crippen LogP contribution in [0.3, 0.4) is 0 Å². The second-order valence-electron chi connectivity index (χ2n) is 43.9. The zero-order valence-electron chi connectivity index (χ0n) is 80.6. The fourth-order valence-corrected chi connectivity index (χ4v) is 25.8. The lowest BCUT2D eigenvalue weighted by atomic mass is 9.33. The van der Waals surface area contributed by atoms with E-state index in [0.29, 0.717) is 57.8 Å². The number of rotatable bonds is 27. The first-order valence-corrected chi connectivity index (χ1v) is 50.0. The average molecular weight is 2070 g/mol. The molecule has 0 radical (unpaired) electrons. The zero-order chi connectivity index (χ0) is 103. The minimum atomic E-state index is -2.42. The van der Waals surface area contributed by atoms with Crippen molar-refractivity contribution in [2.45, 2.75) is 452 Å². The predicted octanol–water partition coefficient (Wildman–Crippen LogP) is -9.86. The quantitative estimate of drug-likeness (QED) is 0.0119. The Kier molecular flexibility index (Phi) is 35.1. The van der Waals surface area contributed by atoms with Gasteiger partial charge >= 0.3 is 11.9 Å². The molecule has 27 N–H and O–H groups in total. The van der Waals surface area contributed by atoms with Crippen molar-refractivity contribution < 1.29 is 242 Å². The van der Waals surface area contributed by atoms with E-state index in [1.807, 2.05) is 0 Å². The molecule has 0 spiro atoms. The fourth-order valence-electron chi connectivity index (χ4n) is 25.8. The Morgan fingerprint density at radius 1 is 0.399 bits per heavy atom. The van der Waals surface area contributed by atoms with Gasteiger partial charge in [-0.25, -0.2) is 4.79 Å². The molecule has 16 rings (SSSR count). The molecule has 15 fully saturated rings. The highest BCUT2D eigenvalue weighted by molar-refractivity contribution is 5.79. The summed E-state index contributed by atoms with van der Waals surface area (Å²) >= 11 is 0. The second-order valence-corrected chi connectivity index (χ2v) is 43.9. The van der Waals surface area contributed by atoms with Crippen LogP contribution in [0.25, 0.3) is 0 Å². The van der Waals surface area contributed by atoms with Gasteiger partial charge in [0, 0.05) is 5.41 Å². The van der Waals surface area contributed by atoms with Gasteiger partial charge in [-0.1, -0.05) is 72.5 Å². The number of carbonyl (C=O) groups is 2. The fraction of sp³-hybridized carbons (Fsp3) is 0.946. The zero-order valence-corrected chi connectivity index (χ0v) is 80.6. The van der Waals surface area contributed by atoms with Crippen molar-refractivity contribution in [2.75, 3.05) is 46.2 Å². The van der Waals surface area contributed by atoms with Crippen molar-refractivity contribution in [3.05, 3.63) is 11.6 Å². The van der Waals surface area contributed by atoms with E-state index in [1.54, 1.807) is 6.92 Å². The summed E-state index contributed by atoms with van der Waals surface area (Å²) in [5, 5.41) is 301. The van der Waals surface area contributed by atoms with Gasteiger partial charge < -0.3 is 233 Å². The maximum atomic E-state index is 16.2. The Balaban J connectivity index is 0.624. The van der Waals surface area contributed by atoms with Gasteiger partial charge in [0.15, 0.2) is 68.9 Å². The van der Waals surface area contributed by atoms with E-state index in [9.17, 15) is 138 Å². The Morgan fingerprint density at radius 3 is 1.57 bits per heavy atom. The predicted molar refractivity (Wildman–Crippen MR) is 467 cm³/mol. The first kappa shape index (κ1) is 112. The molecule has 9 saturated heterocycles. The molecule has 50 heteroatoms. The average Bonchev–Trinajstić information content (AvgIpc) is 0.671. The van der Waals surface area contributed by atoms with Crippen LogP contribution in [0.1, 0.15) is 158 Å². The van der Waals surface area contributed by atoms with Crippen molar-refractivity contribution in [2.24, 2.45) is 55.2 Å². The standard InChI is InChI=1S/C93H149NO49/c1-34-68(135-84-64(117)58(111)72(76(121)141-84)138-80-67(120)70(40(101)30-125-80)129-41-15-14-38(99)69(54(41)107)136-78-59(112)49(102)39(100)29-124-78)65(118)73(127-33-94-35-11-9-8-10-12-35)85(128-34)143-87(123)93-23-21-88(2,3)25-37(93)36-13-16-47-89(4)19-18-48(90(5,32-98)46(89)17-20-92(47,7)91(36,6)22-24-93)134-86-74(139-82-62(115)56(109)51(104)43(27-96)131-82)66(119)71(75(140-86)77(122)142-83-63(116)57(110)52(105)44(28-97)132-83)137-79-60(113)53(106)45(31-126-79)133-81-61(114)55(108)50(103)42(26-95)130-81/h13,33-35,37-76,78-86,95-121H,8-12,14-32H2,1-7H3. The number of hydrogen-bond acceptors (Lipinski definition) is 50. The largest absolute Gasteiger partial charge is 0.471 e. The number of hydrogen-bond donors (Lipinski definition) is 27. The van der Waals surface area contributed by atoms with E-state index in [4.69, 9.17) is 99.7 Å². The molecule has 7 aliphatic carbocycles. The Hall–Kier alpha value is -3.61. The highest BCUT2D eigenvalue weighted by atomic mass is 16.8. The molecule has 0 aromatic rings. The maximum absolute atomic E-state index is 16.2. The van der Waals surface area contributed by atoms with Crippen LogP contribution in [-0.2, 0) is 104 Å². The van der Waals surface area contributed by atoms with E-state index in [2.05, 4.69) is 40.7 Å². The summed E-state index contributed by atoms with van der Waals surface area (Å²) in [7, 11) is 0. The molecule has 9 heterocycles. The van der Waals surface area contributed by atoms with Crippen molar-refractivity contribution >= 4 is 18.3 Å². The highest BCUT2D eigenvalue weighted by Crippen LogP contribution is 2.76. The molecule has 9 aliphatic heterocycles. The monoisotopic (exact) mass is 2060 g/mol. The summed E-state index contributed by atoms with van der Waals surface area (Å²) in [6, 6.07) is -0.153. The number of nitrogens with zero attached hydrogens (tertiary/aromatic N) is 1. The summed E-state index contributed by atoms with van der Waals surface area (Å²) in [5.74, 6) is -3.31. The Bertz CT molecular complexity index is 4240. The first-order chi connectivity index (χ1) is 67.6. The van der Waals surface area contributed by atoms with Crippen LogP contribution in [0.4, 0.5) is 0 Å². The lowest BCUT2D eigenvalue weighted by Crippen LogP contribution is -2.69. The highest BCUT2D eigenvalue weighted by Gasteiger charge is 2.72. The van der Waals surface area contributed by atoms with E-state index in [-0.39, 0.29) is 36.6 Å². The topological polar surface area (TPSA) is 777 Å². The third-order valence-corrected chi connectivity index (χ3v) is 34.8. The van der Waals surface area contributed by atoms with Crippen LogP contribution in [0.15, 0.2) is 16.6 Å². The van der Waals surface area contributed by atoms with Gasteiger partial charge in [-0.2, -0.15) is 0 Å². The summed E-state index contributed by atoms with van der Waals surface area (Å²) in [6.45, 7) is 9.01. The van der Waals surface area contributed by atoms with Crippen molar-refractivity contribution in [3.8, 4) is 0 Å². The number of ether oxygens (including phenoxy) is 20. The van der Waals surface area contributed by atoms with Crippen LogP contribution in [-0.4, -0.2) is 497 Å². The summed E-state index contributed by atoms with van der Waals surface area (Å²) < 4.78 is 120. The number of aliphatic imine (C=N–C) groups is 1. The third kappa shape index (κ3) is 21.2. The molecule has 16 aliphatic rings. The molecule has 0 aromatic heterocycles.